The van der Waals surface area contributed by atoms with Gasteiger partial charge in [0, 0.05) is 75.0 Å². The molecular formula is C117H188F4N6O6. The number of nitrogens with zero attached hydrogens (tertiary/aromatic N) is 6. The Kier molecular flexibility index (Phi) is 69.3. The third kappa shape index (κ3) is 68.0. The van der Waals surface area contributed by atoms with Gasteiger partial charge in [-0.2, -0.15) is 0 Å². The number of allylic oxidation sites excluding steroid dienone is 4. The Morgan fingerprint density at radius 1 is 0.248 bits per heavy atom. The monoisotopic (exact) mass is 1850 g/mol. The maximum atomic E-state index is 12.6. The molecule has 4 saturated heterocycles. The predicted molar refractivity (Wildman–Crippen MR) is 559 cm³/mol. The molecule has 8 aliphatic rings. The molecule has 4 aromatic carbocycles. The summed E-state index contributed by atoms with van der Waals surface area (Å²) in [5.74, 6) is 8.67. The van der Waals surface area contributed by atoms with E-state index in [1.807, 2.05) is 145 Å². The van der Waals surface area contributed by atoms with Gasteiger partial charge in [0.05, 0.1) is 38.6 Å². The van der Waals surface area contributed by atoms with Crippen LogP contribution in [-0.2, 0) is 28.4 Å². The summed E-state index contributed by atoms with van der Waals surface area (Å²) in [6.07, 6.45) is 41.9. The van der Waals surface area contributed by atoms with Crippen LogP contribution in [0.15, 0.2) is 158 Å². The lowest BCUT2D eigenvalue weighted by Gasteiger charge is -2.24. The number of hydrogen-bond donors (Lipinski definition) is 0. The average Bonchev–Trinajstić information content (AvgIpc) is 0.860. The predicted octanol–water partition coefficient (Wildman–Crippen LogP) is 33.1. The minimum absolute atomic E-state index is 0. The highest BCUT2D eigenvalue weighted by Crippen LogP contribution is 2.29. The first-order valence-corrected chi connectivity index (χ1v) is 49.5. The van der Waals surface area contributed by atoms with E-state index in [4.69, 9.17) is 28.4 Å². The fourth-order valence-corrected chi connectivity index (χ4v) is 13.2. The second-order valence-electron chi connectivity index (χ2n) is 39.5. The van der Waals surface area contributed by atoms with Gasteiger partial charge < -0.3 is 28.4 Å². The highest BCUT2D eigenvalue weighted by molar-refractivity contribution is 5.25. The molecule has 12 nitrogen and oxygen atoms in total. The molecule has 0 bridgehead atoms. The number of halogens is 4. The van der Waals surface area contributed by atoms with Crippen LogP contribution in [0.5, 0.6) is 0 Å². The van der Waals surface area contributed by atoms with Gasteiger partial charge in [-0.1, -0.05) is 235 Å². The molecule has 6 atom stereocenters. The molecule has 6 fully saturated rings. The molecule has 8 heterocycles. The highest BCUT2D eigenvalue weighted by Gasteiger charge is 2.19. The standard InChI is InChI=1S/C8H8F2.2C8H9F.2C8H16.2C8H14.C8H10.2C7H9N.2C7H14O.2C6H8N2.2C6H12O2.CH4.H2/c1-5-3-4-6(2)8(10)7(5)9;2*1-6-3-4-7(2)8(9)5-6;5*1-7-3-5-8(2)6-4-7;4*1-6-3-4-7(2)8-5-6;4*1-5-3-7-6(2)8-4-5;;/h3-4H,1-2H3;2*3-5H,1-2H3;2*7-8H,3-6H2,1-2H3;2*3,8H,4-6H2,1-2H3;3-6H,1-2H3;2*3-5H,1-2H3;2*6-7H,3-5H2,1-2H3;2*3-4H,1-2H3;2*5-6H,3-4H2,1-2H3;1H4;1H. The number of rotatable bonds is 0. The zero-order valence-electron chi connectivity index (χ0n) is 88.6. The maximum Gasteiger partial charge on any atom is 0.161 e. The molecule has 0 spiro atoms. The van der Waals surface area contributed by atoms with Crippen molar-refractivity contribution >= 4 is 0 Å². The second-order valence-corrected chi connectivity index (χ2v) is 39.5. The second kappa shape index (κ2) is 73.5. The van der Waals surface area contributed by atoms with Crippen molar-refractivity contribution in [1.29, 1.82) is 0 Å². The van der Waals surface area contributed by atoms with Gasteiger partial charge >= 0.3 is 0 Å². The first kappa shape index (κ1) is 125. The van der Waals surface area contributed by atoms with Crippen molar-refractivity contribution in [3.8, 4) is 0 Å². The summed E-state index contributed by atoms with van der Waals surface area (Å²) >= 11 is 0. The van der Waals surface area contributed by atoms with E-state index in [9.17, 15) is 17.6 Å². The number of ether oxygens (including phenoxy) is 6. The molecule has 8 aromatic rings. The van der Waals surface area contributed by atoms with Crippen LogP contribution in [0.4, 0.5) is 17.6 Å². The van der Waals surface area contributed by atoms with E-state index in [0.29, 0.717) is 46.3 Å². The number of pyridine rings is 2. The number of hydrogen-bond acceptors (Lipinski definition) is 12. The molecule has 750 valence electrons. The fourth-order valence-electron chi connectivity index (χ4n) is 13.2. The van der Waals surface area contributed by atoms with Crippen LogP contribution in [0.3, 0.4) is 0 Å². The Hall–Kier alpha value is -7.70. The lowest BCUT2D eigenvalue weighted by atomic mass is 9.84. The number of aryl methyl sites for hydroxylation is 16. The molecule has 0 amide bonds. The van der Waals surface area contributed by atoms with Gasteiger partial charge in [0.2, 0.25) is 0 Å². The molecule has 4 aliphatic heterocycles. The third-order valence-electron chi connectivity index (χ3n) is 23.6. The van der Waals surface area contributed by atoms with Crippen molar-refractivity contribution < 1.29 is 47.4 Å². The van der Waals surface area contributed by atoms with Crippen LogP contribution in [-0.4, -0.2) is 94.3 Å². The lowest BCUT2D eigenvalue weighted by Crippen LogP contribution is -2.27. The third-order valence-corrected chi connectivity index (χ3v) is 23.6. The summed E-state index contributed by atoms with van der Waals surface area (Å²) in [6, 6.07) is 30.2. The van der Waals surface area contributed by atoms with Crippen molar-refractivity contribution in [1.82, 2.24) is 29.9 Å². The van der Waals surface area contributed by atoms with Gasteiger partial charge in [-0.25, -0.2) is 37.5 Å². The molecule has 4 aliphatic carbocycles. The molecule has 4 aromatic heterocycles. The van der Waals surface area contributed by atoms with Gasteiger partial charge in [-0.05, 0) is 344 Å². The van der Waals surface area contributed by atoms with E-state index in [0.717, 1.165) is 132 Å². The van der Waals surface area contributed by atoms with E-state index < -0.39 is 11.6 Å². The summed E-state index contributed by atoms with van der Waals surface area (Å²) in [7, 11) is 0. The van der Waals surface area contributed by atoms with Gasteiger partial charge in [0.1, 0.15) is 23.3 Å². The molecule has 16 heteroatoms. The van der Waals surface area contributed by atoms with Gasteiger partial charge in [-0.3, -0.25) is 9.97 Å². The molecular weight excluding hydrogens is 1660 g/mol. The summed E-state index contributed by atoms with van der Waals surface area (Å²) in [4.78, 5) is 24.0. The Morgan fingerprint density at radius 3 is 0.692 bits per heavy atom. The van der Waals surface area contributed by atoms with E-state index in [1.165, 1.54) is 164 Å². The first-order valence-electron chi connectivity index (χ1n) is 49.5. The minimum Gasteiger partial charge on any atom is -0.378 e. The zero-order chi connectivity index (χ0) is 99.2. The Morgan fingerprint density at radius 2 is 0.496 bits per heavy atom. The van der Waals surface area contributed by atoms with Crippen LogP contribution in [0.2, 0.25) is 0 Å². The van der Waals surface area contributed by atoms with Gasteiger partial charge in [0.15, 0.2) is 24.2 Å². The lowest BCUT2D eigenvalue weighted by molar-refractivity contribution is -0.187. The van der Waals surface area contributed by atoms with Crippen molar-refractivity contribution in [2.75, 3.05) is 39.6 Å². The topological polar surface area (TPSA) is 133 Å². The quantitative estimate of drug-likeness (QED) is 0.106. The normalized spacial score (nSPS) is 22.8. The minimum atomic E-state index is -0.736. The number of aromatic nitrogens is 6. The van der Waals surface area contributed by atoms with Crippen molar-refractivity contribution in [3.05, 3.63) is 271 Å². The number of benzene rings is 4. The van der Waals surface area contributed by atoms with E-state index in [-0.39, 0.29) is 33.1 Å². The highest BCUT2D eigenvalue weighted by atomic mass is 19.2. The Balaban J connectivity index is 0. The summed E-state index contributed by atoms with van der Waals surface area (Å²) in [5.41, 5.74) is 16.7. The van der Waals surface area contributed by atoms with Crippen LogP contribution >= 0.6 is 0 Å². The van der Waals surface area contributed by atoms with Crippen LogP contribution in [0.25, 0.3) is 0 Å². The largest absolute Gasteiger partial charge is 0.378 e. The molecule has 133 heavy (non-hydrogen) atoms. The smallest absolute Gasteiger partial charge is 0.161 e. The average molecular weight is 1850 g/mol. The summed E-state index contributed by atoms with van der Waals surface area (Å²) < 4.78 is 81.8. The molecule has 0 N–H and O–H groups in total. The molecule has 16 rings (SSSR count). The van der Waals surface area contributed by atoms with E-state index in [2.05, 4.69) is 189 Å². The van der Waals surface area contributed by atoms with Crippen molar-refractivity contribution in [2.45, 2.75) is 369 Å². The molecule has 0 radical (unpaired) electrons. The molecule has 6 unspecified atom stereocenters. The molecule has 2 saturated carbocycles. The van der Waals surface area contributed by atoms with E-state index >= 15 is 0 Å². The Bertz CT molecular complexity index is 3580. The first-order chi connectivity index (χ1) is 62.3. The van der Waals surface area contributed by atoms with Crippen LogP contribution in [0, 0.1) is 193 Å². The van der Waals surface area contributed by atoms with Crippen molar-refractivity contribution in [2.24, 2.45) is 59.2 Å². The fraction of sp³-hybridized carbons (Fsp3) is 0.607. The van der Waals surface area contributed by atoms with Crippen LogP contribution < -0.4 is 0 Å². The van der Waals surface area contributed by atoms with Crippen molar-refractivity contribution in [3.63, 3.8) is 0 Å². The maximum absolute atomic E-state index is 12.6. The zero-order valence-corrected chi connectivity index (χ0v) is 88.6. The summed E-state index contributed by atoms with van der Waals surface area (Å²) in [5, 5.41) is 0. The summed E-state index contributed by atoms with van der Waals surface area (Å²) in [6.45, 7) is 71.0. The van der Waals surface area contributed by atoms with Crippen LogP contribution in [0.1, 0.15) is 325 Å². The van der Waals surface area contributed by atoms with Gasteiger partial charge in [-0.15, -0.1) is 0 Å². The van der Waals surface area contributed by atoms with E-state index in [1.54, 1.807) is 49.3 Å². The van der Waals surface area contributed by atoms with Gasteiger partial charge in [0.25, 0.3) is 0 Å². The SMILES string of the molecule is C.CC1=CCC(C)CC1.CC1=CCC(C)CC1.CC1CCC(C)CC1.CC1CCC(C)CC1.CC1CCC(C)OC1.CC1CCC(C)OC1.CC1COC(C)OC1.CC1COC(C)OC1.Cc1ccc(C)c(F)c1.Cc1ccc(C)c(F)c1.Cc1ccc(C)c(F)c1F.Cc1ccc(C)cc1.Cc1ccc(C)nc1.Cc1ccc(C)nc1.Cc1cnc(C)nc1.Cc1cnc(C)nc1.[HH]. The Labute approximate surface area is 811 Å².